The van der Waals surface area contributed by atoms with E-state index < -0.39 is 0 Å². The number of benzene rings is 1. The molecule has 0 aromatic heterocycles. The van der Waals surface area contributed by atoms with Crippen LogP contribution in [-0.4, -0.2) is 13.8 Å². The predicted octanol–water partition coefficient (Wildman–Crippen LogP) is 1.90. The summed E-state index contributed by atoms with van der Waals surface area (Å²) in [5.41, 5.74) is 1.07. The molecule has 2 heteroatoms. The summed E-state index contributed by atoms with van der Waals surface area (Å²) < 4.78 is 5.11. The number of para-hydroxylation sites is 1. The van der Waals surface area contributed by atoms with Gasteiger partial charge in [0.15, 0.2) is 0 Å². The molecule has 0 aliphatic carbocycles. The lowest BCUT2D eigenvalue weighted by Crippen LogP contribution is -1.89. The quantitative estimate of drug-likeness (QED) is 0.601. The summed E-state index contributed by atoms with van der Waals surface area (Å²) in [7, 11) is 1.65. The minimum Gasteiger partial charge on any atom is -0.496 e. The van der Waals surface area contributed by atoms with E-state index in [1.807, 2.05) is 24.3 Å². The Morgan fingerprint density at radius 2 is 2.18 bits per heavy atom. The van der Waals surface area contributed by atoms with Gasteiger partial charge in [0.2, 0.25) is 0 Å². The molecule has 0 fully saturated rings. The van der Waals surface area contributed by atoms with Crippen molar-refractivity contribution < 1.29 is 4.74 Å². The van der Waals surface area contributed by atoms with Gasteiger partial charge in [-0.3, -0.25) is 4.99 Å². The summed E-state index contributed by atoms with van der Waals surface area (Å²) in [6, 6.07) is 7.79. The van der Waals surface area contributed by atoms with E-state index in [2.05, 4.69) is 11.7 Å². The van der Waals surface area contributed by atoms with Crippen LogP contribution < -0.4 is 4.74 Å². The number of aliphatic imine (C=N–C) groups is 1. The molecule has 1 aromatic carbocycles. The highest BCUT2D eigenvalue weighted by Crippen LogP contribution is 2.17. The highest BCUT2D eigenvalue weighted by molar-refractivity contribution is 5.34. The smallest absolute Gasteiger partial charge is 0.123 e. The summed E-state index contributed by atoms with van der Waals surface area (Å²) in [5, 5.41) is 0. The second kappa shape index (κ2) is 3.76. The first-order chi connectivity index (χ1) is 5.38. The van der Waals surface area contributed by atoms with Crippen molar-refractivity contribution in [1.29, 1.82) is 0 Å². The van der Waals surface area contributed by atoms with Gasteiger partial charge in [-0.2, -0.15) is 0 Å². The van der Waals surface area contributed by atoms with Gasteiger partial charge in [0, 0.05) is 5.56 Å². The fourth-order valence-electron chi connectivity index (χ4n) is 0.954. The molecular weight excluding hydrogens is 138 g/mol. The largest absolute Gasteiger partial charge is 0.496 e. The molecule has 0 radical (unpaired) electrons. The fraction of sp³-hybridized carbons (Fsp3) is 0.222. The van der Waals surface area contributed by atoms with E-state index in [-0.39, 0.29) is 0 Å². The zero-order valence-corrected chi connectivity index (χ0v) is 6.58. The maximum absolute atomic E-state index is 5.11. The van der Waals surface area contributed by atoms with Crippen LogP contribution >= 0.6 is 0 Å². The molecule has 0 N–H and O–H groups in total. The lowest BCUT2D eigenvalue weighted by Gasteiger charge is -2.03. The SMILES string of the molecule is C=NCc1ccccc1OC. The molecule has 58 valence electrons. The van der Waals surface area contributed by atoms with Gasteiger partial charge in [-0.1, -0.05) is 18.2 Å². The van der Waals surface area contributed by atoms with Crippen LogP contribution in [0, 0.1) is 0 Å². The lowest BCUT2D eigenvalue weighted by atomic mass is 10.2. The maximum atomic E-state index is 5.11. The third-order valence-corrected chi connectivity index (χ3v) is 1.47. The van der Waals surface area contributed by atoms with Gasteiger partial charge in [-0.25, -0.2) is 0 Å². The monoisotopic (exact) mass is 149 g/mol. The molecule has 1 rings (SSSR count). The fourth-order valence-corrected chi connectivity index (χ4v) is 0.954. The van der Waals surface area contributed by atoms with E-state index >= 15 is 0 Å². The first-order valence-electron chi connectivity index (χ1n) is 3.43. The van der Waals surface area contributed by atoms with Crippen molar-refractivity contribution in [3.63, 3.8) is 0 Å². The molecule has 0 aliphatic rings. The molecule has 2 nitrogen and oxygen atoms in total. The minimum atomic E-state index is 0.615. The molecule has 11 heavy (non-hydrogen) atoms. The molecule has 0 bridgehead atoms. The van der Waals surface area contributed by atoms with Gasteiger partial charge in [0.25, 0.3) is 0 Å². The standard InChI is InChI=1S/C9H11NO/c1-10-7-8-5-3-4-6-9(8)11-2/h3-6H,1,7H2,2H3. The van der Waals surface area contributed by atoms with Crippen LogP contribution in [0.3, 0.4) is 0 Å². The Balaban J connectivity index is 2.92. The highest BCUT2D eigenvalue weighted by atomic mass is 16.5. The predicted molar refractivity (Wildman–Crippen MR) is 46.2 cm³/mol. The van der Waals surface area contributed by atoms with Crippen molar-refractivity contribution in [2.45, 2.75) is 6.54 Å². The molecule has 0 unspecified atom stereocenters. The van der Waals surface area contributed by atoms with Gasteiger partial charge in [0.1, 0.15) is 5.75 Å². The van der Waals surface area contributed by atoms with Crippen LogP contribution in [0.25, 0.3) is 0 Å². The summed E-state index contributed by atoms with van der Waals surface area (Å²) in [6.07, 6.45) is 0. The number of hydrogen-bond donors (Lipinski definition) is 0. The second-order valence-electron chi connectivity index (χ2n) is 2.19. The topological polar surface area (TPSA) is 21.6 Å². The van der Waals surface area contributed by atoms with Gasteiger partial charge in [-0.05, 0) is 12.8 Å². The number of nitrogens with zero attached hydrogens (tertiary/aromatic N) is 1. The Kier molecular flexibility index (Phi) is 2.66. The van der Waals surface area contributed by atoms with Crippen LogP contribution in [0.15, 0.2) is 29.3 Å². The van der Waals surface area contributed by atoms with E-state index in [9.17, 15) is 0 Å². The number of methoxy groups -OCH3 is 1. The van der Waals surface area contributed by atoms with Crippen molar-refractivity contribution in [1.82, 2.24) is 0 Å². The van der Waals surface area contributed by atoms with E-state index in [0.717, 1.165) is 11.3 Å². The number of ether oxygens (including phenoxy) is 1. The van der Waals surface area contributed by atoms with E-state index in [1.165, 1.54) is 0 Å². The molecule has 0 heterocycles. The normalized spacial score (nSPS) is 9.18. The van der Waals surface area contributed by atoms with Crippen molar-refractivity contribution in [2.75, 3.05) is 7.11 Å². The number of hydrogen-bond acceptors (Lipinski definition) is 2. The first-order valence-corrected chi connectivity index (χ1v) is 3.43. The summed E-state index contributed by atoms with van der Waals surface area (Å²) in [4.78, 5) is 3.78. The Hall–Kier alpha value is -1.31. The lowest BCUT2D eigenvalue weighted by molar-refractivity contribution is 0.410. The van der Waals surface area contributed by atoms with Crippen LogP contribution in [0.5, 0.6) is 5.75 Å². The molecule has 0 saturated carbocycles. The zero-order valence-electron chi connectivity index (χ0n) is 6.58. The van der Waals surface area contributed by atoms with Crippen molar-refractivity contribution in [3.8, 4) is 5.75 Å². The maximum Gasteiger partial charge on any atom is 0.123 e. The summed E-state index contributed by atoms with van der Waals surface area (Å²) in [5.74, 6) is 0.875. The van der Waals surface area contributed by atoms with Gasteiger partial charge in [0.05, 0.1) is 13.7 Å². The van der Waals surface area contributed by atoms with E-state index in [1.54, 1.807) is 7.11 Å². The second-order valence-corrected chi connectivity index (χ2v) is 2.19. The van der Waals surface area contributed by atoms with E-state index in [4.69, 9.17) is 4.74 Å². The molecule has 0 aliphatic heterocycles. The zero-order chi connectivity index (χ0) is 8.10. The van der Waals surface area contributed by atoms with Crippen LogP contribution in [0.2, 0.25) is 0 Å². The van der Waals surface area contributed by atoms with Crippen molar-refractivity contribution >= 4 is 6.72 Å². The third kappa shape index (κ3) is 1.80. The van der Waals surface area contributed by atoms with Crippen LogP contribution in [0.1, 0.15) is 5.56 Å². The molecule has 0 saturated heterocycles. The Labute approximate surface area is 66.5 Å². The van der Waals surface area contributed by atoms with Gasteiger partial charge < -0.3 is 4.74 Å². The molecule has 1 aromatic rings. The Bertz CT molecular complexity index is 245. The summed E-state index contributed by atoms with van der Waals surface area (Å²) in [6.45, 7) is 4.04. The Morgan fingerprint density at radius 3 is 2.82 bits per heavy atom. The average Bonchev–Trinajstić information content (AvgIpc) is 2.06. The Morgan fingerprint density at radius 1 is 1.45 bits per heavy atom. The average molecular weight is 149 g/mol. The summed E-state index contributed by atoms with van der Waals surface area (Å²) >= 11 is 0. The van der Waals surface area contributed by atoms with Crippen molar-refractivity contribution in [2.24, 2.45) is 4.99 Å². The molecular formula is C9H11NO. The van der Waals surface area contributed by atoms with E-state index in [0.29, 0.717) is 6.54 Å². The number of rotatable bonds is 3. The van der Waals surface area contributed by atoms with Gasteiger partial charge in [-0.15, -0.1) is 0 Å². The molecule has 0 spiro atoms. The highest BCUT2D eigenvalue weighted by Gasteiger charge is 1.97. The third-order valence-electron chi connectivity index (χ3n) is 1.47. The molecule has 0 atom stereocenters. The minimum absolute atomic E-state index is 0.615. The van der Waals surface area contributed by atoms with Gasteiger partial charge >= 0.3 is 0 Å². The van der Waals surface area contributed by atoms with Crippen LogP contribution in [0.4, 0.5) is 0 Å². The van der Waals surface area contributed by atoms with Crippen molar-refractivity contribution in [3.05, 3.63) is 29.8 Å². The first kappa shape index (κ1) is 7.79. The molecule has 0 amide bonds. The van der Waals surface area contributed by atoms with Crippen LogP contribution in [-0.2, 0) is 6.54 Å².